The first-order valence-corrected chi connectivity index (χ1v) is 6.83. The molecule has 3 N–H and O–H groups in total. The fourth-order valence-corrected chi connectivity index (χ4v) is 1.64. The van der Waals surface area contributed by atoms with E-state index < -0.39 is 18.1 Å². The van der Waals surface area contributed by atoms with E-state index in [1.807, 2.05) is 6.26 Å². The first-order valence-electron chi connectivity index (χ1n) is 5.43. The summed E-state index contributed by atoms with van der Waals surface area (Å²) in [6.07, 6.45) is 3.36. The van der Waals surface area contributed by atoms with E-state index >= 15 is 0 Å². The molecule has 0 amide bonds. The number of ether oxygens (including phenoxy) is 1. The number of carboxylic acids is 1. The van der Waals surface area contributed by atoms with Gasteiger partial charge in [0.05, 0.1) is 19.3 Å². The Bertz CT molecular complexity index is 226. The summed E-state index contributed by atoms with van der Waals surface area (Å²) in [6.45, 7) is 4.25. The van der Waals surface area contributed by atoms with Gasteiger partial charge in [-0.3, -0.25) is 4.79 Å². The van der Waals surface area contributed by atoms with Crippen LogP contribution in [0, 0.1) is 0 Å². The summed E-state index contributed by atoms with van der Waals surface area (Å²) < 4.78 is 5.06. The summed E-state index contributed by atoms with van der Waals surface area (Å²) >= 11 is 1.60. The van der Waals surface area contributed by atoms with E-state index in [0.29, 0.717) is 13.0 Å². The number of carboxylic acid groups (broad SMARTS) is 1. The molecule has 0 aliphatic carbocycles. The Morgan fingerprint density at radius 3 is 2.88 bits per heavy atom. The highest BCUT2D eigenvalue weighted by Gasteiger charge is 2.17. The van der Waals surface area contributed by atoms with Gasteiger partial charge in [-0.25, -0.2) is 0 Å². The topological polar surface area (TPSA) is 78.8 Å². The van der Waals surface area contributed by atoms with Crippen molar-refractivity contribution in [1.82, 2.24) is 5.32 Å². The van der Waals surface area contributed by atoms with Crippen molar-refractivity contribution in [3.05, 3.63) is 12.7 Å². The van der Waals surface area contributed by atoms with E-state index in [0.717, 1.165) is 5.75 Å². The van der Waals surface area contributed by atoms with E-state index in [-0.39, 0.29) is 13.2 Å². The predicted octanol–water partition coefficient (Wildman–Crippen LogP) is 0.346. The van der Waals surface area contributed by atoms with E-state index in [2.05, 4.69) is 11.9 Å². The van der Waals surface area contributed by atoms with Crippen LogP contribution in [0.5, 0.6) is 0 Å². The van der Waals surface area contributed by atoms with Gasteiger partial charge < -0.3 is 20.3 Å². The Kier molecular flexibility index (Phi) is 10.2. The number of rotatable bonds is 11. The van der Waals surface area contributed by atoms with Crippen molar-refractivity contribution in [1.29, 1.82) is 0 Å². The van der Waals surface area contributed by atoms with Gasteiger partial charge in [0.25, 0.3) is 0 Å². The maximum absolute atomic E-state index is 10.9. The minimum absolute atomic E-state index is 0.174. The summed E-state index contributed by atoms with van der Waals surface area (Å²) in [6, 6.07) is -0.614. The molecule has 17 heavy (non-hydrogen) atoms. The molecule has 0 aromatic rings. The van der Waals surface area contributed by atoms with Gasteiger partial charge in [0.15, 0.2) is 0 Å². The van der Waals surface area contributed by atoms with Crippen molar-refractivity contribution in [2.24, 2.45) is 0 Å². The summed E-state index contributed by atoms with van der Waals surface area (Å²) in [4.78, 5) is 10.9. The van der Waals surface area contributed by atoms with Crippen LogP contribution in [0.15, 0.2) is 12.7 Å². The molecule has 5 nitrogen and oxygen atoms in total. The monoisotopic (exact) mass is 263 g/mol. The maximum atomic E-state index is 10.9. The number of nitrogens with one attached hydrogen (secondary N) is 1. The molecule has 0 saturated heterocycles. The molecule has 0 aromatic carbocycles. The first-order chi connectivity index (χ1) is 8.11. The van der Waals surface area contributed by atoms with Crippen LogP contribution in [-0.2, 0) is 9.53 Å². The molecule has 0 fully saturated rings. The third kappa shape index (κ3) is 9.17. The summed E-state index contributed by atoms with van der Waals surface area (Å²) in [5.74, 6) is -0.120. The number of hydrogen-bond donors (Lipinski definition) is 3. The highest BCUT2D eigenvalue weighted by atomic mass is 32.2. The Balaban J connectivity index is 3.78. The third-order valence-corrected chi connectivity index (χ3v) is 2.70. The molecule has 1 unspecified atom stereocenters. The zero-order valence-corrected chi connectivity index (χ0v) is 10.9. The van der Waals surface area contributed by atoms with Gasteiger partial charge in [-0.15, -0.1) is 6.58 Å². The van der Waals surface area contributed by atoms with Gasteiger partial charge in [0.2, 0.25) is 0 Å². The minimum atomic E-state index is -0.891. The molecule has 0 rings (SSSR count). The number of aliphatic hydroxyl groups excluding tert-OH is 1. The lowest BCUT2D eigenvalue weighted by atomic mass is 10.2. The lowest BCUT2D eigenvalue weighted by Gasteiger charge is -2.17. The van der Waals surface area contributed by atoms with E-state index in [9.17, 15) is 9.90 Å². The standard InChI is InChI=1S/C11H21NO4S/c1-3-5-16-8-9(13)7-12-10(11(14)15)4-6-17-2/h3,9-10,12-13H,1,4-8H2,2H3,(H,14,15)/t9?,10-/m0/s1. The molecule has 0 heterocycles. The molecule has 6 heteroatoms. The Morgan fingerprint density at radius 2 is 2.35 bits per heavy atom. The third-order valence-electron chi connectivity index (χ3n) is 2.05. The van der Waals surface area contributed by atoms with Crippen molar-refractivity contribution >= 4 is 17.7 Å². The number of thioether (sulfide) groups is 1. The molecule has 0 saturated carbocycles. The van der Waals surface area contributed by atoms with Crippen LogP contribution < -0.4 is 5.32 Å². The Hall–Kier alpha value is -0.560. The lowest BCUT2D eigenvalue weighted by molar-refractivity contribution is -0.139. The van der Waals surface area contributed by atoms with Gasteiger partial charge in [-0.05, 0) is 18.4 Å². The van der Waals surface area contributed by atoms with Crippen molar-refractivity contribution in [2.45, 2.75) is 18.6 Å². The van der Waals surface area contributed by atoms with Crippen molar-refractivity contribution in [3.8, 4) is 0 Å². The van der Waals surface area contributed by atoms with Gasteiger partial charge >= 0.3 is 5.97 Å². The zero-order chi connectivity index (χ0) is 13.1. The largest absolute Gasteiger partial charge is 0.480 e. The molecule has 0 spiro atoms. The number of aliphatic hydroxyl groups is 1. The Morgan fingerprint density at radius 1 is 1.65 bits per heavy atom. The van der Waals surface area contributed by atoms with Crippen molar-refractivity contribution in [2.75, 3.05) is 31.8 Å². The number of hydrogen-bond acceptors (Lipinski definition) is 5. The molecular formula is C11H21NO4S. The van der Waals surface area contributed by atoms with Gasteiger partial charge in [-0.1, -0.05) is 6.08 Å². The van der Waals surface area contributed by atoms with Crippen molar-refractivity contribution in [3.63, 3.8) is 0 Å². The van der Waals surface area contributed by atoms with Gasteiger partial charge in [-0.2, -0.15) is 11.8 Å². The average Bonchev–Trinajstić information content (AvgIpc) is 2.29. The smallest absolute Gasteiger partial charge is 0.320 e. The molecule has 0 bridgehead atoms. The molecule has 2 atom stereocenters. The zero-order valence-electron chi connectivity index (χ0n) is 10.1. The molecule has 0 aromatic heterocycles. The molecule has 0 aliphatic heterocycles. The number of aliphatic carboxylic acids is 1. The number of carbonyl (C=O) groups is 1. The first kappa shape index (κ1) is 16.4. The molecular weight excluding hydrogens is 242 g/mol. The van der Waals surface area contributed by atoms with Crippen LogP contribution in [0.3, 0.4) is 0 Å². The second-order valence-electron chi connectivity index (χ2n) is 3.56. The van der Waals surface area contributed by atoms with Crippen LogP contribution in [0.2, 0.25) is 0 Å². The van der Waals surface area contributed by atoms with E-state index in [1.165, 1.54) is 0 Å². The van der Waals surface area contributed by atoms with E-state index in [1.54, 1.807) is 17.8 Å². The van der Waals surface area contributed by atoms with Crippen LogP contribution in [0.1, 0.15) is 6.42 Å². The Labute approximate surface area is 106 Å². The fraction of sp³-hybridized carbons (Fsp3) is 0.727. The van der Waals surface area contributed by atoms with Gasteiger partial charge in [0.1, 0.15) is 6.04 Å². The molecule has 100 valence electrons. The highest BCUT2D eigenvalue weighted by Crippen LogP contribution is 2.01. The second-order valence-corrected chi connectivity index (χ2v) is 4.55. The molecule has 0 aliphatic rings. The summed E-state index contributed by atoms with van der Waals surface area (Å²) in [7, 11) is 0. The van der Waals surface area contributed by atoms with Gasteiger partial charge in [0, 0.05) is 6.54 Å². The quantitative estimate of drug-likeness (QED) is 0.369. The average molecular weight is 263 g/mol. The maximum Gasteiger partial charge on any atom is 0.320 e. The summed E-state index contributed by atoms with van der Waals surface area (Å²) in [5.41, 5.74) is 0. The van der Waals surface area contributed by atoms with E-state index in [4.69, 9.17) is 9.84 Å². The van der Waals surface area contributed by atoms with Crippen LogP contribution in [-0.4, -0.2) is 60.1 Å². The molecule has 0 radical (unpaired) electrons. The predicted molar refractivity (Wildman–Crippen MR) is 69.4 cm³/mol. The lowest BCUT2D eigenvalue weighted by Crippen LogP contribution is -2.42. The highest BCUT2D eigenvalue weighted by molar-refractivity contribution is 7.98. The summed E-state index contributed by atoms with van der Waals surface area (Å²) in [5, 5.41) is 21.3. The van der Waals surface area contributed by atoms with Crippen molar-refractivity contribution < 1.29 is 19.7 Å². The van der Waals surface area contributed by atoms with Crippen LogP contribution >= 0.6 is 11.8 Å². The minimum Gasteiger partial charge on any atom is -0.480 e. The SMILES string of the molecule is C=CCOCC(O)CN[C@@H](CCSC)C(=O)O. The van der Waals surface area contributed by atoms with Crippen LogP contribution in [0.25, 0.3) is 0 Å². The second kappa shape index (κ2) is 10.6. The fourth-order valence-electron chi connectivity index (χ4n) is 1.17. The van der Waals surface area contributed by atoms with Crippen LogP contribution in [0.4, 0.5) is 0 Å². The normalized spacial score (nSPS) is 14.2.